The Bertz CT molecular complexity index is 624. The molecule has 1 aromatic carbocycles. The third-order valence-electron chi connectivity index (χ3n) is 3.05. The van der Waals surface area contributed by atoms with Crippen molar-refractivity contribution in [2.75, 3.05) is 18.5 Å². The van der Waals surface area contributed by atoms with Crippen LogP contribution in [0.3, 0.4) is 0 Å². The summed E-state index contributed by atoms with van der Waals surface area (Å²) >= 11 is 0. The summed E-state index contributed by atoms with van der Waals surface area (Å²) in [5, 5.41) is 2.40. The lowest BCUT2D eigenvalue weighted by Crippen LogP contribution is -2.27. The Balaban J connectivity index is 2.06. The standard InChI is InChI=1S/C13H13FN4/c1-9-12(17-18-6-5-15-8-18)7-11(14)10-3-2-4-16-13(9)10/h2-4,7-8,17H,5-6H2,1H3. The van der Waals surface area contributed by atoms with Crippen LogP contribution in [0.1, 0.15) is 5.56 Å². The van der Waals surface area contributed by atoms with Gasteiger partial charge in [0.1, 0.15) is 12.2 Å². The molecule has 0 saturated heterocycles. The van der Waals surface area contributed by atoms with E-state index in [0.29, 0.717) is 10.9 Å². The first-order chi connectivity index (χ1) is 8.75. The van der Waals surface area contributed by atoms with Gasteiger partial charge in [-0.05, 0) is 25.1 Å². The second-order valence-electron chi connectivity index (χ2n) is 4.26. The van der Waals surface area contributed by atoms with Crippen molar-refractivity contribution < 1.29 is 4.39 Å². The normalized spacial score (nSPS) is 14.4. The Hall–Kier alpha value is -2.17. The molecule has 0 aliphatic carbocycles. The van der Waals surface area contributed by atoms with Crippen LogP contribution >= 0.6 is 0 Å². The number of benzene rings is 1. The van der Waals surface area contributed by atoms with Crippen LogP contribution in [-0.2, 0) is 0 Å². The first-order valence-corrected chi connectivity index (χ1v) is 5.83. The maximum atomic E-state index is 14.0. The Morgan fingerprint density at radius 2 is 2.33 bits per heavy atom. The number of hydrazine groups is 1. The average molecular weight is 244 g/mol. The fourth-order valence-electron chi connectivity index (χ4n) is 2.07. The molecular formula is C13H13FN4. The van der Waals surface area contributed by atoms with Gasteiger partial charge in [-0.1, -0.05) is 0 Å². The van der Waals surface area contributed by atoms with E-state index in [9.17, 15) is 4.39 Å². The Morgan fingerprint density at radius 1 is 1.44 bits per heavy atom. The number of aryl methyl sites for hydroxylation is 1. The van der Waals surface area contributed by atoms with E-state index >= 15 is 0 Å². The zero-order valence-electron chi connectivity index (χ0n) is 10.0. The van der Waals surface area contributed by atoms with Crippen molar-refractivity contribution in [2.45, 2.75) is 6.92 Å². The number of halogens is 1. The zero-order valence-corrected chi connectivity index (χ0v) is 10.0. The summed E-state index contributed by atoms with van der Waals surface area (Å²) < 4.78 is 14.0. The number of nitrogens with zero attached hydrogens (tertiary/aromatic N) is 3. The number of rotatable bonds is 2. The molecule has 0 fully saturated rings. The molecule has 1 aliphatic heterocycles. The van der Waals surface area contributed by atoms with Crippen molar-refractivity contribution in [2.24, 2.45) is 4.99 Å². The third-order valence-corrected chi connectivity index (χ3v) is 3.05. The molecule has 0 spiro atoms. The molecule has 3 rings (SSSR count). The number of aliphatic imine (C=N–C) groups is 1. The van der Waals surface area contributed by atoms with E-state index in [4.69, 9.17) is 0 Å². The second kappa shape index (κ2) is 4.25. The smallest absolute Gasteiger partial charge is 0.134 e. The first kappa shape index (κ1) is 11.0. The van der Waals surface area contributed by atoms with Crippen molar-refractivity contribution in [1.29, 1.82) is 0 Å². The Kier molecular flexibility index (Phi) is 2.59. The topological polar surface area (TPSA) is 40.5 Å². The van der Waals surface area contributed by atoms with Crippen LogP contribution in [0.25, 0.3) is 10.9 Å². The van der Waals surface area contributed by atoms with Crippen LogP contribution in [0.2, 0.25) is 0 Å². The van der Waals surface area contributed by atoms with Gasteiger partial charge in [0.2, 0.25) is 0 Å². The highest BCUT2D eigenvalue weighted by Gasteiger charge is 2.12. The van der Waals surface area contributed by atoms with Crippen LogP contribution in [0.5, 0.6) is 0 Å². The molecular weight excluding hydrogens is 231 g/mol. The molecule has 1 aliphatic rings. The van der Waals surface area contributed by atoms with Gasteiger partial charge >= 0.3 is 0 Å². The van der Waals surface area contributed by atoms with Gasteiger partial charge in [-0.25, -0.2) is 4.39 Å². The van der Waals surface area contributed by atoms with Crippen LogP contribution in [0.4, 0.5) is 10.1 Å². The first-order valence-electron chi connectivity index (χ1n) is 5.83. The number of hydrogen-bond acceptors (Lipinski definition) is 4. The molecule has 1 aromatic heterocycles. The summed E-state index contributed by atoms with van der Waals surface area (Å²) in [6.45, 7) is 3.49. The molecule has 0 atom stereocenters. The molecule has 0 radical (unpaired) electrons. The third kappa shape index (κ3) is 1.77. The summed E-state index contributed by atoms with van der Waals surface area (Å²) in [6.07, 6.45) is 3.40. The molecule has 0 saturated carbocycles. The number of fused-ring (bicyclic) bond motifs is 1. The van der Waals surface area contributed by atoms with Gasteiger partial charge in [-0.2, -0.15) is 0 Å². The van der Waals surface area contributed by atoms with Gasteiger partial charge < -0.3 is 0 Å². The molecule has 92 valence electrons. The summed E-state index contributed by atoms with van der Waals surface area (Å²) in [6, 6.07) is 4.99. The number of pyridine rings is 1. The van der Waals surface area contributed by atoms with E-state index in [1.54, 1.807) is 24.7 Å². The van der Waals surface area contributed by atoms with Crippen LogP contribution in [0, 0.1) is 12.7 Å². The van der Waals surface area contributed by atoms with Crippen LogP contribution in [-0.4, -0.2) is 29.4 Å². The maximum Gasteiger partial charge on any atom is 0.134 e. The molecule has 18 heavy (non-hydrogen) atoms. The quantitative estimate of drug-likeness (QED) is 0.881. The molecule has 0 unspecified atom stereocenters. The maximum absolute atomic E-state index is 14.0. The van der Waals surface area contributed by atoms with Crippen molar-refractivity contribution in [3.05, 3.63) is 35.8 Å². The number of hydrogen-bond donors (Lipinski definition) is 1. The molecule has 2 heterocycles. The van der Waals surface area contributed by atoms with Crippen LogP contribution < -0.4 is 5.43 Å². The second-order valence-corrected chi connectivity index (χ2v) is 4.26. The summed E-state index contributed by atoms with van der Waals surface area (Å²) in [4.78, 5) is 8.35. The van der Waals surface area contributed by atoms with Crippen LogP contribution in [0.15, 0.2) is 29.4 Å². The highest BCUT2D eigenvalue weighted by atomic mass is 19.1. The number of nitrogens with one attached hydrogen (secondary N) is 1. The van der Waals surface area contributed by atoms with Gasteiger partial charge in [0.15, 0.2) is 0 Å². The molecule has 0 amide bonds. The van der Waals surface area contributed by atoms with Crippen molar-refractivity contribution >= 4 is 22.9 Å². The highest BCUT2D eigenvalue weighted by molar-refractivity contribution is 5.87. The molecule has 4 nitrogen and oxygen atoms in total. The van der Waals surface area contributed by atoms with Gasteiger partial charge in [0.05, 0.1) is 24.3 Å². The minimum absolute atomic E-state index is 0.262. The molecule has 5 heteroatoms. The van der Waals surface area contributed by atoms with Gasteiger partial charge in [0.25, 0.3) is 0 Å². The van der Waals surface area contributed by atoms with E-state index in [0.717, 1.165) is 24.3 Å². The van der Waals surface area contributed by atoms with Crippen molar-refractivity contribution in [3.8, 4) is 0 Å². The fraction of sp³-hybridized carbons (Fsp3) is 0.231. The fourth-order valence-corrected chi connectivity index (χ4v) is 2.07. The minimum atomic E-state index is -0.262. The number of aromatic nitrogens is 1. The lowest BCUT2D eigenvalue weighted by Gasteiger charge is -2.19. The Labute approximate surface area is 104 Å². The predicted octanol–water partition coefficient (Wildman–Crippen LogP) is 2.35. The Morgan fingerprint density at radius 3 is 3.11 bits per heavy atom. The summed E-state index contributed by atoms with van der Waals surface area (Å²) in [5.74, 6) is -0.262. The van der Waals surface area contributed by atoms with E-state index in [1.807, 2.05) is 11.9 Å². The lowest BCUT2D eigenvalue weighted by atomic mass is 10.1. The molecule has 1 N–H and O–H groups in total. The average Bonchev–Trinajstić information content (AvgIpc) is 2.89. The molecule has 2 aromatic rings. The monoisotopic (exact) mass is 244 g/mol. The largest absolute Gasteiger partial charge is 0.297 e. The highest BCUT2D eigenvalue weighted by Crippen LogP contribution is 2.26. The zero-order chi connectivity index (χ0) is 12.5. The van der Waals surface area contributed by atoms with E-state index in [2.05, 4.69) is 15.4 Å². The van der Waals surface area contributed by atoms with Crippen molar-refractivity contribution in [3.63, 3.8) is 0 Å². The van der Waals surface area contributed by atoms with Gasteiger partial charge in [-0.15, -0.1) is 0 Å². The number of anilines is 1. The van der Waals surface area contributed by atoms with Crippen molar-refractivity contribution in [1.82, 2.24) is 9.99 Å². The van der Waals surface area contributed by atoms with E-state index in [-0.39, 0.29) is 5.82 Å². The molecule has 0 bridgehead atoms. The van der Waals surface area contributed by atoms with E-state index < -0.39 is 0 Å². The lowest BCUT2D eigenvalue weighted by molar-refractivity contribution is 0.555. The summed E-state index contributed by atoms with van der Waals surface area (Å²) in [7, 11) is 0. The minimum Gasteiger partial charge on any atom is -0.297 e. The predicted molar refractivity (Wildman–Crippen MR) is 70.1 cm³/mol. The van der Waals surface area contributed by atoms with Gasteiger partial charge in [-0.3, -0.25) is 20.4 Å². The SMILES string of the molecule is Cc1c(NN2C=NCC2)cc(F)c2cccnc12. The summed E-state index contributed by atoms with van der Waals surface area (Å²) in [5.41, 5.74) is 5.50. The van der Waals surface area contributed by atoms with Gasteiger partial charge in [0, 0.05) is 17.1 Å². The van der Waals surface area contributed by atoms with E-state index in [1.165, 1.54) is 6.07 Å².